The number of anilines is 1. The van der Waals surface area contributed by atoms with Crippen molar-refractivity contribution in [2.24, 2.45) is 0 Å². The van der Waals surface area contributed by atoms with E-state index >= 15 is 0 Å². The van der Waals surface area contributed by atoms with E-state index in [4.69, 9.17) is 4.74 Å². The van der Waals surface area contributed by atoms with Crippen LogP contribution in [0.3, 0.4) is 0 Å². The molecule has 0 spiro atoms. The number of hydrogen-bond donors (Lipinski definition) is 3. The number of amides is 3. The Morgan fingerprint density at radius 3 is 2.24 bits per heavy atom. The molecule has 0 unspecified atom stereocenters. The topological polar surface area (TPSA) is 114 Å². The average molecular weight is 397 g/mol. The molecular formula is C21H23N3O5. The molecule has 0 heterocycles. The van der Waals surface area contributed by atoms with Gasteiger partial charge in [0.15, 0.2) is 6.61 Å². The summed E-state index contributed by atoms with van der Waals surface area (Å²) < 4.78 is 4.80. The maximum Gasteiger partial charge on any atom is 0.306 e. The average Bonchev–Trinajstić information content (AvgIpc) is 2.72. The molecule has 0 radical (unpaired) electrons. The van der Waals surface area contributed by atoms with Gasteiger partial charge in [0.2, 0.25) is 5.91 Å². The van der Waals surface area contributed by atoms with Crippen molar-refractivity contribution in [3.63, 3.8) is 0 Å². The van der Waals surface area contributed by atoms with Gasteiger partial charge in [0, 0.05) is 17.7 Å². The van der Waals surface area contributed by atoms with E-state index in [9.17, 15) is 19.2 Å². The summed E-state index contributed by atoms with van der Waals surface area (Å²) in [6.07, 6.45) is -0.238. The van der Waals surface area contributed by atoms with E-state index in [-0.39, 0.29) is 18.7 Å². The van der Waals surface area contributed by atoms with E-state index in [0.717, 1.165) is 11.1 Å². The first kappa shape index (κ1) is 21.6. The smallest absolute Gasteiger partial charge is 0.306 e. The Morgan fingerprint density at radius 2 is 1.55 bits per heavy atom. The Kier molecular flexibility index (Phi) is 7.90. The zero-order valence-electron chi connectivity index (χ0n) is 16.3. The number of carbonyl (C=O) groups is 4. The van der Waals surface area contributed by atoms with Crippen molar-refractivity contribution in [1.29, 1.82) is 0 Å². The number of nitrogens with one attached hydrogen (secondary N) is 3. The molecule has 3 N–H and O–H groups in total. The summed E-state index contributed by atoms with van der Waals surface area (Å²) >= 11 is 0. The summed E-state index contributed by atoms with van der Waals surface area (Å²) in [5.74, 6) is -2.20. The fraction of sp³-hybridized carbons (Fsp3) is 0.238. The van der Waals surface area contributed by atoms with Crippen LogP contribution in [0.15, 0.2) is 48.5 Å². The van der Waals surface area contributed by atoms with Crippen molar-refractivity contribution in [3.05, 3.63) is 65.2 Å². The van der Waals surface area contributed by atoms with Crippen LogP contribution in [0.4, 0.5) is 5.69 Å². The van der Waals surface area contributed by atoms with Crippen LogP contribution in [-0.4, -0.2) is 30.3 Å². The van der Waals surface area contributed by atoms with Gasteiger partial charge in [-0.15, -0.1) is 0 Å². The second kappa shape index (κ2) is 10.6. The number of ether oxygens (including phenoxy) is 1. The third kappa shape index (κ3) is 7.45. The predicted molar refractivity (Wildman–Crippen MR) is 107 cm³/mol. The Hall–Kier alpha value is -3.68. The van der Waals surface area contributed by atoms with Crippen LogP contribution in [0.1, 0.15) is 34.3 Å². The van der Waals surface area contributed by atoms with Crippen LogP contribution < -0.4 is 16.2 Å². The number of aryl methyl sites for hydroxylation is 2. The van der Waals surface area contributed by atoms with E-state index in [1.54, 1.807) is 36.4 Å². The van der Waals surface area contributed by atoms with Gasteiger partial charge in [-0.2, -0.15) is 0 Å². The van der Waals surface area contributed by atoms with Crippen LogP contribution in [-0.2, 0) is 19.1 Å². The number of hydrazine groups is 1. The molecule has 8 nitrogen and oxygen atoms in total. The SMILES string of the molecule is Cc1ccc(NC(=O)CCC(=O)OCC(=O)NNC(=O)c2ccccc2)cc1C. The molecular weight excluding hydrogens is 374 g/mol. The minimum Gasteiger partial charge on any atom is -0.455 e. The molecule has 0 bridgehead atoms. The molecule has 0 saturated heterocycles. The fourth-order valence-electron chi connectivity index (χ4n) is 2.30. The molecule has 0 saturated carbocycles. The Labute approximate surface area is 168 Å². The van der Waals surface area contributed by atoms with Crippen molar-refractivity contribution >= 4 is 29.4 Å². The maximum absolute atomic E-state index is 11.9. The summed E-state index contributed by atoms with van der Waals surface area (Å²) in [6.45, 7) is 3.35. The van der Waals surface area contributed by atoms with Gasteiger partial charge in [-0.1, -0.05) is 24.3 Å². The predicted octanol–water partition coefficient (Wildman–Crippen LogP) is 2.03. The van der Waals surface area contributed by atoms with Crippen LogP contribution in [0, 0.1) is 13.8 Å². The zero-order chi connectivity index (χ0) is 21.2. The van der Waals surface area contributed by atoms with Crippen LogP contribution in [0.5, 0.6) is 0 Å². The molecule has 2 aromatic rings. The molecule has 0 aliphatic rings. The second-order valence-electron chi connectivity index (χ2n) is 6.38. The van der Waals surface area contributed by atoms with Gasteiger partial charge < -0.3 is 10.1 Å². The number of esters is 1. The summed E-state index contributed by atoms with van der Waals surface area (Å²) in [7, 11) is 0. The number of hydrogen-bond acceptors (Lipinski definition) is 5. The summed E-state index contributed by atoms with van der Waals surface area (Å²) in [4.78, 5) is 47.0. The van der Waals surface area contributed by atoms with Crippen molar-refractivity contribution in [2.45, 2.75) is 26.7 Å². The van der Waals surface area contributed by atoms with Gasteiger partial charge in [-0.3, -0.25) is 30.0 Å². The zero-order valence-corrected chi connectivity index (χ0v) is 16.3. The van der Waals surface area contributed by atoms with E-state index in [1.807, 2.05) is 26.0 Å². The van der Waals surface area contributed by atoms with Gasteiger partial charge >= 0.3 is 5.97 Å². The molecule has 0 aliphatic heterocycles. The third-order valence-corrected chi connectivity index (χ3v) is 4.06. The molecule has 0 fully saturated rings. The lowest BCUT2D eigenvalue weighted by Gasteiger charge is -2.09. The van der Waals surface area contributed by atoms with E-state index in [2.05, 4.69) is 16.2 Å². The molecule has 0 aliphatic carbocycles. The molecule has 8 heteroatoms. The summed E-state index contributed by atoms with van der Waals surface area (Å²) in [5.41, 5.74) is 7.55. The highest BCUT2D eigenvalue weighted by molar-refractivity contribution is 5.95. The molecule has 0 atom stereocenters. The largest absolute Gasteiger partial charge is 0.455 e. The molecule has 152 valence electrons. The van der Waals surface area contributed by atoms with Crippen LogP contribution >= 0.6 is 0 Å². The van der Waals surface area contributed by atoms with Crippen molar-refractivity contribution in [3.8, 4) is 0 Å². The number of rotatable bonds is 7. The first-order chi connectivity index (χ1) is 13.8. The van der Waals surface area contributed by atoms with Crippen molar-refractivity contribution in [1.82, 2.24) is 10.9 Å². The molecule has 3 amide bonds. The van der Waals surface area contributed by atoms with E-state index < -0.39 is 24.4 Å². The fourth-order valence-corrected chi connectivity index (χ4v) is 2.30. The van der Waals surface area contributed by atoms with Crippen molar-refractivity contribution < 1.29 is 23.9 Å². The van der Waals surface area contributed by atoms with Crippen LogP contribution in [0.25, 0.3) is 0 Å². The molecule has 0 aromatic heterocycles. The third-order valence-electron chi connectivity index (χ3n) is 4.06. The first-order valence-electron chi connectivity index (χ1n) is 9.02. The lowest BCUT2D eigenvalue weighted by Crippen LogP contribution is -2.43. The number of benzene rings is 2. The van der Waals surface area contributed by atoms with E-state index in [0.29, 0.717) is 11.3 Å². The highest BCUT2D eigenvalue weighted by Crippen LogP contribution is 2.14. The normalized spacial score (nSPS) is 10.0. The molecule has 2 rings (SSSR count). The molecule has 29 heavy (non-hydrogen) atoms. The van der Waals surface area contributed by atoms with Crippen molar-refractivity contribution in [2.75, 3.05) is 11.9 Å². The lowest BCUT2D eigenvalue weighted by atomic mass is 10.1. The minimum atomic E-state index is -0.692. The van der Waals surface area contributed by atoms with Crippen LogP contribution in [0.2, 0.25) is 0 Å². The Morgan fingerprint density at radius 1 is 0.828 bits per heavy atom. The molecule has 2 aromatic carbocycles. The Bertz CT molecular complexity index is 896. The van der Waals surface area contributed by atoms with Gasteiger partial charge in [-0.25, -0.2) is 0 Å². The second-order valence-corrected chi connectivity index (χ2v) is 6.38. The van der Waals surface area contributed by atoms with Gasteiger partial charge in [0.05, 0.1) is 6.42 Å². The highest BCUT2D eigenvalue weighted by atomic mass is 16.5. The highest BCUT2D eigenvalue weighted by Gasteiger charge is 2.12. The standard InChI is InChI=1S/C21H23N3O5/c1-14-8-9-17(12-15(14)2)22-18(25)10-11-20(27)29-13-19(26)23-24-21(28)16-6-4-3-5-7-16/h3-9,12H,10-11,13H2,1-2H3,(H,22,25)(H,23,26)(H,24,28). The van der Waals surface area contributed by atoms with Gasteiger partial charge in [-0.05, 0) is 49.2 Å². The van der Waals surface area contributed by atoms with Gasteiger partial charge in [0.1, 0.15) is 0 Å². The van der Waals surface area contributed by atoms with E-state index in [1.165, 1.54) is 0 Å². The summed E-state index contributed by atoms with van der Waals surface area (Å²) in [5, 5.41) is 2.71. The quantitative estimate of drug-likeness (QED) is 0.489. The first-order valence-corrected chi connectivity index (χ1v) is 9.02. The lowest BCUT2D eigenvalue weighted by molar-refractivity contribution is -0.149. The minimum absolute atomic E-state index is 0.0713. The Balaban J connectivity index is 1.64. The number of carbonyl (C=O) groups excluding carboxylic acids is 4. The van der Waals surface area contributed by atoms with Gasteiger partial charge in [0.25, 0.3) is 11.8 Å². The monoisotopic (exact) mass is 397 g/mol. The summed E-state index contributed by atoms with van der Waals surface area (Å²) in [6, 6.07) is 13.8. The maximum atomic E-state index is 11.9.